The molecule has 10 heteroatoms. The fourth-order valence-electron chi connectivity index (χ4n) is 3.14. The number of aliphatic hydroxyl groups is 2. The monoisotopic (exact) mass is 453 g/mol. The lowest BCUT2D eigenvalue weighted by atomic mass is 10.1. The van der Waals surface area contributed by atoms with E-state index in [1.54, 1.807) is 37.4 Å². The maximum atomic E-state index is 13.0. The van der Waals surface area contributed by atoms with Crippen LogP contribution in [0.4, 0.5) is 0 Å². The van der Waals surface area contributed by atoms with E-state index in [1.807, 2.05) is 6.92 Å². The molecule has 0 aliphatic rings. The lowest BCUT2D eigenvalue weighted by Gasteiger charge is -2.19. The Bertz CT molecular complexity index is 1180. The number of benzene rings is 1. The highest BCUT2D eigenvalue weighted by molar-refractivity contribution is 7.91. The number of hydrogen-bond donors (Lipinski definition) is 2. The van der Waals surface area contributed by atoms with Gasteiger partial charge in [0.25, 0.3) is 0 Å². The third-order valence-corrected chi connectivity index (χ3v) is 7.59. The third-order valence-electron chi connectivity index (χ3n) is 4.30. The van der Waals surface area contributed by atoms with Crippen molar-refractivity contribution in [3.63, 3.8) is 0 Å². The molecule has 2 N–H and O–H groups in total. The van der Waals surface area contributed by atoms with Crippen molar-refractivity contribution >= 4 is 26.1 Å². The molecule has 0 unspecified atom stereocenters. The first-order valence-electron chi connectivity index (χ1n) is 9.54. The molecule has 3 rings (SSSR count). The van der Waals surface area contributed by atoms with Crippen molar-refractivity contribution in [2.45, 2.75) is 57.6 Å². The molecule has 2 aromatic heterocycles. The normalized spacial score (nSPS) is 13.2. The van der Waals surface area contributed by atoms with Gasteiger partial charge >= 0.3 is 0 Å². The smallest absolute Gasteiger partial charge is 0.213 e. The molecule has 0 atom stereocenters. The summed E-state index contributed by atoms with van der Waals surface area (Å²) in [6.45, 7) is 10.1. The Balaban J connectivity index is 2.21. The molecule has 0 aliphatic carbocycles. The van der Waals surface area contributed by atoms with Crippen LogP contribution in [-0.2, 0) is 15.4 Å². The molecule has 8 nitrogen and oxygen atoms in total. The summed E-state index contributed by atoms with van der Waals surface area (Å²) >= 11 is 1.28. The van der Waals surface area contributed by atoms with Crippen LogP contribution in [0.5, 0.6) is 5.75 Å². The van der Waals surface area contributed by atoms with Crippen molar-refractivity contribution in [2.75, 3.05) is 12.4 Å². The zero-order valence-electron chi connectivity index (χ0n) is 17.9. The van der Waals surface area contributed by atoms with E-state index in [4.69, 9.17) is 4.74 Å². The first-order chi connectivity index (χ1) is 13.7. The maximum absolute atomic E-state index is 13.0. The molecule has 1 aromatic carbocycles. The van der Waals surface area contributed by atoms with Gasteiger partial charge in [-0.2, -0.15) is 5.10 Å². The van der Waals surface area contributed by atoms with E-state index in [0.29, 0.717) is 33.5 Å². The largest absolute Gasteiger partial charge is 0.493 e. The number of sulfone groups is 1. The Morgan fingerprint density at radius 1 is 1.20 bits per heavy atom. The van der Waals surface area contributed by atoms with Crippen molar-refractivity contribution < 1.29 is 23.4 Å². The molecular formula is C20H27N3O5S2. The van der Waals surface area contributed by atoms with Crippen LogP contribution < -0.4 is 4.74 Å². The Kier molecular flexibility index (Phi) is 5.74. The van der Waals surface area contributed by atoms with E-state index in [1.165, 1.54) is 31.3 Å². The summed E-state index contributed by atoms with van der Waals surface area (Å²) in [6.07, 6.45) is 0. The van der Waals surface area contributed by atoms with Crippen LogP contribution in [0.15, 0.2) is 23.1 Å². The van der Waals surface area contributed by atoms with Crippen molar-refractivity contribution in [1.29, 1.82) is 0 Å². The molecule has 0 radical (unpaired) electrons. The van der Waals surface area contributed by atoms with E-state index in [9.17, 15) is 18.6 Å². The Hall–Kier alpha value is -2.01. The van der Waals surface area contributed by atoms with Gasteiger partial charge in [-0.25, -0.2) is 17.9 Å². The fourth-order valence-corrected chi connectivity index (χ4v) is 5.92. The predicted octanol–water partition coefficient (Wildman–Crippen LogP) is 2.94. The highest BCUT2D eigenvalue weighted by Crippen LogP contribution is 2.35. The molecule has 0 bridgehead atoms. The lowest BCUT2D eigenvalue weighted by Crippen LogP contribution is -2.30. The predicted molar refractivity (Wildman–Crippen MR) is 116 cm³/mol. The minimum atomic E-state index is -3.83. The highest BCUT2D eigenvalue weighted by atomic mass is 32.2. The SMILES string of the molecule is CCOc1ccc(-c2c(C)nc3sc(C(C)(C)O)nn23)cc1S(=O)(=O)CC(C)(C)O. The molecule has 0 aliphatic heterocycles. The average molecular weight is 454 g/mol. The molecule has 30 heavy (non-hydrogen) atoms. The minimum Gasteiger partial charge on any atom is -0.493 e. The number of imidazole rings is 1. The molecule has 0 amide bonds. The summed E-state index contributed by atoms with van der Waals surface area (Å²) in [7, 11) is -3.83. The third kappa shape index (κ3) is 4.51. The van der Waals surface area contributed by atoms with Crippen LogP contribution in [-0.4, -0.2) is 51.2 Å². The summed E-state index contributed by atoms with van der Waals surface area (Å²) < 4.78 is 33.2. The molecule has 0 fully saturated rings. The zero-order chi connectivity index (χ0) is 22.5. The molecule has 0 spiro atoms. The molecule has 0 saturated heterocycles. The van der Waals surface area contributed by atoms with Crippen LogP contribution in [0.3, 0.4) is 0 Å². The summed E-state index contributed by atoms with van der Waals surface area (Å²) in [5.74, 6) is -0.205. The first-order valence-corrected chi connectivity index (χ1v) is 12.0. The standard InChI is InChI=1S/C20H27N3O5S2/c1-7-28-14-9-8-13(10-15(14)30(26,27)11-19(3,4)24)16-12(2)21-18-23(16)22-17(29-18)20(5,6)25/h8-10,24-25H,7,11H2,1-6H3. The van der Waals surface area contributed by atoms with Gasteiger partial charge in [0.15, 0.2) is 9.84 Å². The van der Waals surface area contributed by atoms with Crippen molar-refractivity contribution in [3.05, 3.63) is 28.9 Å². The molecule has 2 heterocycles. The highest BCUT2D eigenvalue weighted by Gasteiger charge is 2.30. The first kappa shape index (κ1) is 22.7. The number of fused-ring (bicyclic) bond motifs is 1. The van der Waals surface area contributed by atoms with Crippen molar-refractivity contribution in [1.82, 2.24) is 14.6 Å². The van der Waals surface area contributed by atoms with Gasteiger partial charge in [0.05, 0.1) is 29.3 Å². The van der Waals surface area contributed by atoms with Gasteiger partial charge in [0, 0.05) is 5.56 Å². The van der Waals surface area contributed by atoms with Crippen molar-refractivity contribution in [2.24, 2.45) is 0 Å². The maximum Gasteiger partial charge on any atom is 0.213 e. The van der Waals surface area contributed by atoms with Crippen molar-refractivity contribution in [3.8, 4) is 17.0 Å². The van der Waals surface area contributed by atoms with E-state index in [-0.39, 0.29) is 10.6 Å². The van der Waals surface area contributed by atoms with E-state index >= 15 is 0 Å². The summed E-state index contributed by atoms with van der Waals surface area (Å²) in [6, 6.07) is 4.90. The molecule has 164 valence electrons. The second-order valence-corrected chi connectivity index (χ2v) is 11.3. The van der Waals surface area contributed by atoms with E-state index in [0.717, 1.165) is 0 Å². The number of aryl methyl sites for hydroxylation is 1. The molecule has 3 aromatic rings. The zero-order valence-corrected chi connectivity index (χ0v) is 19.6. The van der Waals surface area contributed by atoms with Gasteiger partial charge in [0.2, 0.25) is 4.96 Å². The number of nitrogens with zero attached hydrogens (tertiary/aromatic N) is 3. The van der Waals surface area contributed by atoms with Gasteiger partial charge in [-0.1, -0.05) is 11.3 Å². The Morgan fingerprint density at radius 2 is 1.87 bits per heavy atom. The number of hydrogen-bond acceptors (Lipinski definition) is 8. The topological polar surface area (TPSA) is 114 Å². The second kappa shape index (κ2) is 7.60. The van der Waals surface area contributed by atoms with Gasteiger partial charge in [-0.05, 0) is 59.7 Å². The Labute approximate surface area is 180 Å². The second-order valence-electron chi connectivity index (χ2n) is 8.37. The molecular weight excluding hydrogens is 426 g/mol. The van der Waals surface area contributed by atoms with Gasteiger partial charge in [-0.3, -0.25) is 0 Å². The summed E-state index contributed by atoms with van der Waals surface area (Å²) in [5, 5.41) is 25.4. The van der Waals surface area contributed by atoms with Crippen LogP contribution in [0.1, 0.15) is 45.3 Å². The van der Waals surface area contributed by atoms with Crippen LogP contribution >= 0.6 is 11.3 Å². The quantitative estimate of drug-likeness (QED) is 0.565. The number of rotatable bonds is 7. The minimum absolute atomic E-state index is 0.0104. The number of aromatic nitrogens is 3. The Morgan fingerprint density at radius 3 is 2.43 bits per heavy atom. The van der Waals surface area contributed by atoms with Gasteiger partial charge < -0.3 is 14.9 Å². The summed E-state index contributed by atoms with van der Waals surface area (Å²) in [5.41, 5.74) is -0.582. The average Bonchev–Trinajstić information content (AvgIpc) is 3.10. The van der Waals surface area contributed by atoms with Crippen LogP contribution in [0, 0.1) is 6.92 Å². The van der Waals surface area contributed by atoms with Crippen LogP contribution in [0.25, 0.3) is 16.2 Å². The fraction of sp³-hybridized carbons (Fsp3) is 0.500. The lowest BCUT2D eigenvalue weighted by molar-refractivity contribution is 0.0773. The van der Waals surface area contributed by atoms with E-state index < -0.39 is 26.8 Å². The van der Waals surface area contributed by atoms with Gasteiger partial charge in [-0.15, -0.1) is 0 Å². The number of ether oxygens (including phenoxy) is 1. The van der Waals surface area contributed by atoms with Crippen LogP contribution in [0.2, 0.25) is 0 Å². The van der Waals surface area contributed by atoms with E-state index in [2.05, 4.69) is 10.1 Å². The van der Waals surface area contributed by atoms with Gasteiger partial charge in [0.1, 0.15) is 21.3 Å². The molecule has 0 saturated carbocycles. The summed E-state index contributed by atoms with van der Waals surface area (Å²) in [4.78, 5) is 5.14.